The molecule has 3 atom stereocenters. The fourth-order valence-electron chi connectivity index (χ4n) is 3.05. The molecule has 0 aromatic heterocycles. The van der Waals surface area contributed by atoms with Gasteiger partial charge >= 0.3 is 5.97 Å². The molecule has 5 heteroatoms. The van der Waals surface area contributed by atoms with Crippen molar-refractivity contribution in [3.8, 4) is 0 Å². The number of hydrogen-bond donors (Lipinski definition) is 0. The van der Waals surface area contributed by atoms with E-state index in [2.05, 4.69) is 28.7 Å². The molecule has 2 saturated heterocycles. The normalized spacial score (nSPS) is 43.4. The van der Waals surface area contributed by atoms with Gasteiger partial charge in [-0.1, -0.05) is 34.7 Å². The molecular weight excluding hydrogens is 347 g/mol. The number of fused-ring (bicyclic) bond motifs is 2. The molecule has 0 amide bonds. The second-order valence-electron chi connectivity index (χ2n) is 5.42. The van der Waals surface area contributed by atoms with Crippen LogP contribution in [0.15, 0.2) is 12.2 Å². The second-order valence-corrected chi connectivity index (χ2v) is 6.67. The lowest BCUT2D eigenvalue weighted by Crippen LogP contribution is -2.42. The Morgan fingerprint density at radius 2 is 2.17 bits per heavy atom. The van der Waals surface area contributed by atoms with Gasteiger partial charge in [0.15, 0.2) is 6.29 Å². The maximum atomic E-state index is 12.2. The number of carbonyl (C=O) groups excluding carboxylic acids is 1. The molecule has 2 bridgehead atoms. The number of carbonyl (C=O) groups is 1. The molecule has 18 heavy (non-hydrogen) atoms. The summed E-state index contributed by atoms with van der Waals surface area (Å²) in [5.74, 6) is -0.0869. The molecule has 2 fully saturated rings. The number of esters is 1. The van der Waals surface area contributed by atoms with Gasteiger partial charge in [0.1, 0.15) is 11.0 Å². The van der Waals surface area contributed by atoms with Crippen molar-refractivity contribution in [1.82, 2.24) is 0 Å². The van der Waals surface area contributed by atoms with Gasteiger partial charge < -0.3 is 14.2 Å². The molecule has 100 valence electrons. The molecule has 1 aliphatic carbocycles. The summed E-state index contributed by atoms with van der Waals surface area (Å²) in [5, 5.41) is 0. The summed E-state index contributed by atoms with van der Waals surface area (Å²) >= 11 is 2.36. The van der Waals surface area contributed by atoms with Gasteiger partial charge in [-0.2, -0.15) is 0 Å². The van der Waals surface area contributed by atoms with Crippen molar-refractivity contribution in [3.63, 3.8) is 0 Å². The van der Waals surface area contributed by atoms with Crippen LogP contribution in [-0.4, -0.2) is 35.0 Å². The van der Waals surface area contributed by atoms with Crippen LogP contribution >= 0.6 is 22.6 Å². The van der Waals surface area contributed by atoms with Crippen LogP contribution in [-0.2, 0) is 19.0 Å². The highest BCUT2D eigenvalue weighted by Crippen LogP contribution is 2.54. The first-order valence-corrected chi connectivity index (χ1v) is 7.60. The Balaban J connectivity index is 1.77. The summed E-state index contributed by atoms with van der Waals surface area (Å²) in [6.07, 6.45) is 6.25. The fraction of sp³-hybridized carbons (Fsp3) is 0.769. The van der Waals surface area contributed by atoms with Crippen LogP contribution in [0.4, 0.5) is 0 Å². The summed E-state index contributed by atoms with van der Waals surface area (Å²) in [6, 6.07) is 0. The fourth-order valence-corrected chi connectivity index (χ4v) is 4.21. The molecule has 3 rings (SSSR count). The molecule has 0 aromatic rings. The van der Waals surface area contributed by atoms with Gasteiger partial charge in [0.25, 0.3) is 0 Å². The van der Waals surface area contributed by atoms with Gasteiger partial charge in [-0.25, -0.2) is 0 Å². The first-order valence-electron chi connectivity index (χ1n) is 6.35. The minimum absolute atomic E-state index is 0.0869. The molecule has 3 aliphatic rings. The van der Waals surface area contributed by atoms with E-state index in [4.69, 9.17) is 14.2 Å². The average molecular weight is 364 g/mol. The maximum absolute atomic E-state index is 12.2. The Bertz CT molecular complexity index is 390. The number of halogens is 1. The number of alkyl halides is 1. The summed E-state index contributed by atoms with van der Waals surface area (Å²) < 4.78 is 16.7. The third-order valence-corrected chi connectivity index (χ3v) is 6.55. The van der Waals surface area contributed by atoms with E-state index in [1.807, 2.05) is 13.0 Å². The zero-order valence-electron chi connectivity index (χ0n) is 10.4. The Labute approximate surface area is 120 Å². The van der Waals surface area contributed by atoms with E-state index < -0.39 is 5.41 Å². The van der Waals surface area contributed by atoms with Crippen molar-refractivity contribution in [3.05, 3.63) is 12.2 Å². The van der Waals surface area contributed by atoms with Crippen LogP contribution in [0.1, 0.15) is 26.2 Å². The van der Waals surface area contributed by atoms with Crippen LogP contribution < -0.4 is 0 Å². The Morgan fingerprint density at radius 3 is 2.89 bits per heavy atom. The van der Waals surface area contributed by atoms with E-state index in [1.165, 1.54) is 0 Å². The van der Waals surface area contributed by atoms with Gasteiger partial charge in [0.2, 0.25) is 0 Å². The minimum Gasteiger partial charge on any atom is -0.457 e. The first-order chi connectivity index (χ1) is 8.57. The predicted octanol–water partition coefficient (Wildman–Crippen LogP) is 2.20. The molecule has 0 aromatic carbocycles. The lowest BCUT2D eigenvalue weighted by molar-refractivity contribution is -0.151. The molecule has 0 saturated carbocycles. The molecular formula is C13H17IO4. The van der Waals surface area contributed by atoms with Crippen molar-refractivity contribution in [2.24, 2.45) is 5.41 Å². The quantitative estimate of drug-likeness (QED) is 0.333. The zero-order valence-corrected chi connectivity index (χ0v) is 12.5. The highest BCUT2D eigenvalue weighted by Gasteiger charge is 2.61. The van der Waals surface area contributed by atoms with Crippen molar-refractivity contribution < 1.29 is 19.0 Å². The maximum Gasteiger partial charge on any atom is 0.317 e. The second kappa shape index (κ2) is 4.45. The van der Waals surface area contributed by atoms with E-state index in [-0.39, 0.29) is 21.8 Å². The average Bonchev–Trinajstić information content (AvgIpc) is 2.86. The molecule has 2 aliphatic heterocycles. The zero-order chi connectivity index (χ0) is 12.8. The largest absolute Gasteiger partial charge is 0.457 e. The minimum atomic E-state index is -0.483. The van der Waals surface area contributed by atoms with E-state index in [0.717, 1.165) is 19.3 Å². The summed E-state index contributed by atoms with van der Waals surface area (Å²) in [5.41, 5.74) is -0.827. The number of ether oxygens (including phenoxy) is 3. The van der Waals surface area contributed by atoms with Gasteiger partial charge in [0.05, 0.1) is 17.1 Å². The van der Waals surface area contributed by atoms with E-state index in [9.17, 15) is 4.79 Å². The number of hydrogen-bond acceptors (Lipinski definition) is 4. The third-order valence-electron chi connectivity index (χ3n) is 4.12. The van der Waals surface area contributed by atoms with Crippen molar-refractivity contribution >= 4 is 28.6 Å². The standard InChI is InChI=1S/C13H17IO4/c1-12-4-2-5-13(10(12)14,11(15)18-12)6-3-9-16-7-8-17-9/h2,5,9-10H,3-4,6-8H2,1H3/t10-,12+,13+/m0/s1. The summed E-state index contributed by atoms with van der Waals surface area (Å²) in [4.78, 5) is 12.2. The van der Waals surface area contributed by atoms with Gasteiger partial charge in [-0.3, -0.25) is 4.79 Å². The van der Waals surface area contributed by atoms with Crippen LogP contribution in [0, 0.1) is 5.41 Å². The topological polar surface area (TPSA) is 44.8 Å². The summed E-state index contributed by atoms with van der Waals surface area (Å²) in [6.45, 7) is 3.34. The Morgan fingerprint density at radius 1 is 1.44 bits per heavy atom. The molecule has 0 unspecified atom stereocenters. The van der Waals surface area contributed by atoms with E-state index in [0.29, 0.717) is 13.2 Å². The third kappa shape index (κ3) is 1.82. The predicted molar refractivity (Wildman–Crippen MR) is 73.4 cm³/mol. The molecule has 0 radical (unpaired) electrons. The molecule has 0 spiro atoms. The highest BCUT2D eigenvalue weighted by molar-refractivity contribution is 14.1. The molecule has 2 heterocycles. The highest BCUT2D eigenvalue weighted by atomic mass is 127. The van der Waals surface area contributed by atoms with Crippen LogP contribution in [0.2, 0.25) is 0 Å². The molecule has 0 N–H and O–H groups in total. The Kier molecular flexibility index (Phi) is 3.18. The lowest BCUT2D eigenvalue weighted by atomic mass is 9.72. The lowest BCUT2D eigenvalue weighted by Gasteiger charge is -2.34. The van der Waals surface area contributed by atoms with Crippen molar-refractivity contribution in [1.29, 1.82) is 0 Å². The monoisotopic (exact) mass is 364 g/mol. The van der Waals surface area contributed by atoms with Gasteiger partial charge in [0, 0.05) is 6.42 Å². The SMILES string of the molecule is C[C@]12CC=C[C@](CCC3OCCO3)(C(=O)O1)[C@H]2I. The van der Waals surface area contributed by atoms with E-state index in [1.54, 1.807) is 0 Å². The van der Waals surface area contributed by atoms with Crippen LogP contribution in [0.25, 0.3) is 0 Å². The van der Waals surface area contributed by atoms with Crippen molar-refractivity contribution in [2.75, 3.05) is 13.2 Å². The smallest absolute Gasteiger partial charge is 0.317 e. The van der Waals surface area contributed by atoms with Gasteiger partial charge in [-0.05, 0) is 19.8 Å². The Hall–Kier alpha value is -0.140. The molecule has 4 nitrogen and oxygen atoms in total. The van der Waals surface area contributed by atoms with Crippen LogP contribution in [0.5, 0.6) is 0 Å². The van der Waals surface area contributed by atoms with E-state index >= 15 is 0 Å². The summed E-state index contributed by atoms with van der Waals surface area (Å²) in [7, 11) is 0. The number of rotatable bonds is 3. The van der Waals surface area contributed by atoms with Crippen LogP contribution in [0.3, 0.4) is 0 Å². The first kappa shape index (κ1) is 12.9. The van der Waals surface area contributed by atoms with Gasteiger partial charge in [-0.15, -0.1) is 0 Å². The van der Waals surface area contributed by atoms with Crippen molar-refractivity contribution in [2.45, 2.75) is 42.0 Å².